The van der Waals surface area contributed by atoms with Gasteiger partial charge in [0.05, 0.1) is 18.6 Å². The highest BCUT2D eigenvalue weighted by molar-refractivity contribution is 5.96. The molecule has 7 heteroatoms. The van der Waals surface area contributed by atoms with Gasteiger partial charge in [-0.05, 0) is 54.6 Å². The fraction of sp³-hybridized carbons (Fsp3) is 0.655. The van der Waals surface area contributed by atoms with E-state index in [4.69, 9.17) is 4.74 Å². The predicted octanol–water partition coefficient (Wildman–Crippen LogP) is 2.87. The standard InChI is InChI=1S/C29H40N2O5/c1-16(2)28(35)31(15-17-9-10-18-13-21(17)29(18,3)4)22-14-20(27(34)30-11-12-32)24-19-7-5-6-8-23(19)36-26(24)25(22)33/h5-8,14,16-18,21-22,24-26,32-33H,9-13,15H2,1-4H3,(H,30,34)/t17-,18-,21-,22+,24-,25-,26-/m0/s1. The minimum atomic E-state index is -0.967. The Labute approximate surface area is 213 Å². The fourth-order valence-corrected chi connectivity index (χ4v) is 7.32. The van der Waals surface area contributed by atoms with Gasteiger partial charge in [-0.25, -0.2) is 0 Å². The molecule has 7 atom stereocenters. The van der Waals surface area contributed by atoms with Crippen LogP contribution in [-0.2, 0) is 9.59 Å². The first-order valence-corrected chi connectivity index (χ1v) is 13.5. The van der Waals surface area contributed by atoms with Crippen LogP contribution in [-0.4, -0.2) is 64.9 Å². The maximum atomic E-state index is 13.6. The lowest BCUT2D eigenvalue weighted by molar-refractivity contribution is -0.149. The van der Waals surface area contributed by atoms with Crippen molar-refractivity contribution in [3.8, 4) is 5.75 Å². The normalized spacial score (nSPS) is 33.5. The largest absolute Gasteiger partial charge is 0.486 e. The van der Waals surface area contributed by atoms with E-state index in [1.807, 2.05) is 43.0 Å². The van der Waals surface area contributed by atoms with Gasteiger partial charge < -0.3 is 25.2 Å². The highest BCUT2D eigenvalue weighted by atomic mass is 16.5. The van der Waals surface area contributed by atoms with Crippen LogP contribution in [0, 0.1) is 29.1 Å². The van der Waals surface area contributed by atoms with Crippen molar-refractivity contribution in [2.24, 2.45) is 29.1 Å². The number of aliphatic hydroxyl groups excluding tert-OH is 2. The highest BCUT2D eigenvalue weighted by Crippen LogP contribution is 2.61. The van der Waals surface area contributed by atoms with E-state index in [0.29, 0.717) is 29.7 Å². The van der Waals surface area contributed by atoms with Crippen molar-refractivity contribution >= 4 is 11.8 Å². The third-order valence-corrected chi connectivity index (χ3v) is 9.45. The Morgan fingerprint density at radius 1 is 1.22 bits per heavy atom. The lowest BCUT2D eigenvalue weighted by Gasteiger charge is -2.61. The van der Waals surface area contributed by atoms with E-state index in [1.54, 1.807) is 6.08 Å². The maximum Gasteiger partial charge on any atom is 0.247 e. The average Bonchev–Trinajstić information content (AvgIpc) is 3.26. The van der Waals surface area contributed by atoms with Gasteiger partial charge in [0, 0.05) is 30.1 Å². The van der Waals surface area contributed by atoms with Crippen LogP contribution in [0.2, 0.25) is 0 Å². The number of aliphatic hydroxyl groups is 2. The molecule has 1 aliphatic heterocycles. The van der Waals surface area contributed by atoms with Crippen molar-refractivity contribution in [2.45, 2.75) is 71.1 Å². The summed E-state index contributed by atoms with van der Waals surface area (Å²) in [7, 11) is 0. The summed E-state index contributed by atoms with van der Waals surface area (Å²) in [6.07, 6.45) is 3.64. The minimum Gasteiger partial charge on any atom is -0.486 e. The lowest BCUT2D eigenvalue weighted by atomic mass is 9.45. The first-order valence-electron chi connectivity index (χ1n) is 13.5. The zero-order chi connectivity index (χ0) is 25.8. The molecule has 5 aliphatic rings. The molecule has 6 rings (SSSR count). The first kappa shape index (κ1) is 25.3. The number of carbonyl (C=O) groups is 2. The van der Waals surface area contributed by atoms with E-state index in [1.165, 1.54) is 12.8 Å². The predicted molar refractivity (Wildman–Crippen MR) is 136 cm³/mol. The number of hydrogen-bond donors (Lipinski definition) is 3. The van der Waals surface area contributed by atoms with Crippen LogP contribution in [0.15, 0.2) is 35.9 Å². The topological polar surface area (TPSA) is 99.1 Å². The highest BCUT2D eigenvalue weighted by Gasteiger charge is 2.56. The van der Waals surface area contributed by atoms with Crippen molar-refractivity contribution < 1.29 is 24.5 Å². The Bertz CT molecular complexity index is 1050. The summed E-state index contributed by atoms with van der Waals surface area (Å²) >= 11 is 0. The molecule has 0 radical (unpaired) electrons. The fourth-order valence-electron chi connectivity index (χ4n) is 7.32. The zero-order valence-corrected chi connectivity index (χ0v) is 21.8. The van der Waals surface area contributed by atoms with Gasteiger partial charge in [0.2, 0.25) is 11.8 Å². The van der Waals surface area contributed by atoms with Crippen LogP contribution in [0.1, 0.15) is 58.4 Å². The van der Waals surface area contributed by atoms with Gasteiger partial charge in [0.15, 0.2) is 0 Å². The number of nitrogens with one attached hydrogen (secondary N) is 1. The van der Waals surface area contributed by atoms with Crippen LogP contribution >= 0.6 is 0 Å². The molecule has 2 bridgehead atoms. The molecular formula is C29H40N2O5. The van der Waals surface area contributed by atoms with Gasteiger partial charge in [-0.1, -0.05) is 45.9 Å². The van der Waals surface area contributed by atoms with E-state index < -0.39 is 24.2 Å². The van der Waals surface area contributed by atoms with E-state index in [9.17, 15) is 19.8 Å². The smallest absolute Gasteiger partial charge is 0.247 e. The van der Waals surface area contributed by atoms with Gasteiger partial charge in [-0.3, -0.25) is 9.59 Å². The summed E-state index contributed by atoms with van der Waals surface area (Å²) < 4.78 is 6.22. The summed E-state index contributed by atoms with van der Waals surface area (Å²) in [5.74, 6) is 1.39. The molecule has 3 saturated carbocycles. The number of ether oxygens (including phenoxy) is 1. The van der Waals surface area contributed by atoms with Gasteiger partial charge in [0.1, 0.15) is 18.0 Å². The maximum absolute atomic E-state index is 13.6. The molecule has 3 N–H and O–H groups in total. The molecule has 3 fully saturated rings. The van der Waals surface area contributed by atoms with E-state index in [2.05, 4.69) is 19.2 Å². The number of rotatable bonds is 7. The Hall–Kier alpha value is -2.38. The Balaban J connectivity index is 1.51. The van der Waals surface area contributed by atoms with Crippen LogP contribution in [0.4, 0.5) is 0 Å². The molecule has 1 heterocycles. The second-order valence-electron chi connectivity index (χ2n) is 12.0. The SMILES string of the molecule is CC(C)C(=O)N(C[C@@H]1CC[C@H]2C[C@@H]1C2(C)C)[C@@H]1C=C(C(=O)NCCO)[C@@H]2c3ccccc3O[C@@H]2[C@H]1O. The molecule has 2 amide bonds. The molecule has 0 spiro atoms. The number of nitrogens with zero attached hydrogens (tertiary/aromatic N) is 1. The molecule has 1 aromatic carbocycles. The first-order chi connectivity index (χ1) is 17.1. The van der Waals surface area contributed by atoms with E-state index in [0.717, 1.165) is 17.9 Å². The Kier molecular flexibility index (Phi) is 6.66. The van der Waals surface area contributed by atoms with Gasteiger partial charge in [0.25, 0.3) is 0 Å². The third-order valence-electron chi connectivity index (χ3n) is 9.45. The van der Waals surface area contributed by atoms with Gasteiger partial charge in [-0.2, -0.15) is 0 Å². The number of para-hydroxylation sites is 1. The van der Waals surface area contributed by atoms with E-state index >= 15 is 0 Å². The third kappa shape index (κ3) is 4.04. The van der Waals surface area contributed by atoms with Crippen molar-refractivity contribution in [1.82, 2.24) is 10.2 Å². The molecular weight excluding hydrogens is 456 g/mol. The van der Waals surface area contributed by atoms with Gasteiger partial charge >= 0.3 is 0 Å². The number of carbonyl (C=O) groups excluding carboxylic acids is 2. The molecule has 0 saturated heterocycles. The summed E-state index contributed by atoms with van der Waals surface area (Å²) in [4.78, 5) is 28.7. The zero-order valence-electron chi connectivity index (χ0n) is 21.8. The lowest BCUT2D eigenvalue weighted by Crippen LogP contribution is -2.60. The number of fused-ring (bicyclic) bond motifs is 5. The van der Waals surface area contributed by atoms with Crippen molar-refractivity contribution in [3.63, 3.8) is 0 Å². The summed E-state index contributed by atoms with van der Waals surface area (Å²) in [6, 6.07) is 6.89. The molecule has 0 aromatic heterocycles. The minimum absolute atomic E-state index is 0.0152. The Morgan fingerprint density at radius 3 is 2.64 bits per heavy atom. The van der Waals surface area contributed by atoms with Crippen LogP contribution in [0.3, 0.4) is 0 Å². The molecule has 4 aliphatic carbocycles. The van der Waals surface area contributed by atoms with Crippen molar-refractivity contribution in [2.75, 3.05) is 19.7 Å². The molecule has 36 heavy (non-hydrogen) atoms. The summed E-state index contributed by atoms with van der Waals surface area (Å²) in [5, 5.41) is 23.7. The molecule has 1 aromatic rings. The summed E-state index contributed by atoms with van der Waals surface area (Å²) in [6.45, 7) is 9.02. The van der Waals surface area contributed by atoms with Crippen LogP contribution < -0.4 is 10.1 Å². The molecule has 0 unspecified atom stereocenters. The summed E-state index contributed by atoms with van der Waals surface area (Å²) in [5.41, 5.74) is 1.64. The second-order valence-corrected chi connectivity index (χ2v) is 12.0. The quantitative estimate of drug-likeness (QED) is 0.539. The van der Waals surface area contributed by atoms with Crippen LogP contribution in [0.5, 0.6) is 5.75 Å². The van der Waals surface area contributed by atoms with Crippen LogP contribution in [0.25, 0.3) is 0 Å². The second kappa shape index (κ2) is 9.49. The monoisotopic (exact) mass is 496 g/mol. The molecule has 7 nitrogen and oxygen atoms in total. The van der Waals surface area contributed by atoms with Gasteiger partial charge in [-0.15, -0.1) is 0 Å². The van der Waals surface area contributed by atoms with E-state index in [-0.39, 0.29) is 36.3 Å². The Morgan fingerprint density at radius 2 is 1.97 bits per heavy atom. The molecule has 196 valence electrons. The average molecular weight is 497 g/mol. The number of amides is 2. The number of benzene rings is 1. The van der Waals surface area contributed by atoms with Crippen molar-refractivity contribution in [3.05, 3.63) is 41.5 Å². The number of hydrogen-bond acceptors (Lipinski definition) is 5. The van der Waals surface area contributed by atoms with Crippen molar-refractivity contribution in [1.29, 1.82) is 0 Å².